The lowest BCUT2D eigenvalue weighted by Crippen LogP contribution is -2.31. The largest absolute Gasteiger partial charge is 0.387 e. The van der Waals surface area contributed by atoms with Crippen LogP contribution in [0, 0.1) is 12.3 Å². The predicted molar refractivity (Wildman–Crippen MR) is 75.4 cm³/mol. The van der Waals surface area contributed by atoms with Crippen LogP contribution in [0.5, 0.6) is 0 Å². The molecule has 0 aliphatic carbocycles. The number of rotatable bonds is 6. The molecule has 0 aliphatic heterocycles. The van der Waals surface area contributed by atoms with Crippen molar-refractivity contribution in [2.24, 2.45) is 0 Å². The Morgan fingerprint density at radius 2 is 1.95 bits per heavy atom. The fraction of sp³-hybridized carbons (Fsp3) is 0.429. The number of terminal acetylenes is 1. The van der Waals surface area contributed by atoms with Gasteiger partial charge in [-0.15, -0.1) is 6.42 Å². The van der Waals surface area contributed by atoms with Crippen LogP contribution in [0.1, 0.15) is 25.0 Å². The molecule has 2 unspecified atom stereocenters. The quantitative estimate of drug-likeness (QED) is 0.767. The molecule has 0 fully saturated rings. The zero-order chi connectivity index (χ0) is 14.5. The third-order valence-corrected chi connectivity index (χ3v) is 3.99. The second kappa shape index (κ2) is 6.71. The standard InChI is InChI=1S/C14H19NO3S/c1-4-12(5-2)15-10-14(16)11-6-8-13(9-7-11)19(3,17)18/h1,6-9,12,14-16H,5,10H2,2-3H3. The van der Waals surface area contributed by atoms with Crippen LogP contribution in [0.4, 0.5) is 0 Å². The molecule has 5 heteroatoms. The van der Waals surface area contributed by atoms with Crippen molar-refractivity contribution >= 4 is 9.84 Å². The summed E-state index contributed by atoms with van der Waals surface area (Å²) in [6, 6.07) is 6.14. The molecule has 1 rings (SSSR count). The summed E-state index contributed by atoms with van der Waals surface area (Å²) in [5.41, 5.74) is 0.659. The number of benzene rings is 1. The van der Waals surface area contributed by atoms with Gasteiger partial charge in [0.25, 0.3) is 0 Å². The van der Waals surface area contributed by atoms with Crippen molar-refractivity contribution in [3.8, 4) is 12.3 Å². The Hall–Kier alpha value is -1.35. The Morgan fingerprint density at radius 1 is 1.37 bits per heavy atom. The molecule has 0 bridgehead atoms. The van der Waals surface area contributed by atoms with Crippen LogP contribution < -0.4 is 5.32 Å². The molecule has 2 N–H and O–H groups in total. The number of hydrogen-bond acceptors (Lipinski definition) is 4. The smallest absolute Gasteiger partial charge is 0.175 e. The predicted octanol–water partition coefficient (Wildman–Crippen LogP) is 1.12. The Kier molecular flexibility index (Phi) is 5.55. The molecule has 0 amide bonds. The van der Waals surface area contributed by atoms with E-state index in [2.05, 4.69) is 11.2 Å². The summed E-state index contributed by atoms with van der Waals surface area (Å²) in [6.07, 6.45) is 6.54. The highest BCUT2D eigenvalue weighted by Crippen LogP contribution is 2.16. The fourth-order valence-corrected chi connectivity index (χ4v) is 2.26. The van der Waals surface area contributed by atoms with E-state index in [1.165, 1.54) is 12.1 Å². The van der Waals surface area contributed by atoms with E-state index >= 15 is 0 Å². The minimum absolute atomic E-state index is 0.0649. The van der Waals surface area contributed by atoms with Crippen LogP contribution >= 0.6 is 0 Å². The molecule has 1 aromatic rings. The summed E-state index contributed by atoms with van der Waals surface area (Å²) in [6.45, 7) is 2.30. The first-order valence-corrected chi connectivity index (χ1v) is 7.95. The third-order valence-electron chi connectivity index (χ3n) is 2.86. The highest BCUT2D eigenvalue weighted by molar-refractivity contribution is 7.90. The lowest BCUT2D eigenvalue weighted by atomic mass is 10.1. The lowest BCUT2D eigenvalue weighted by Gasteiger charge is -2.15. The number of hydrogen-bond donors (Lipinski definition) is 2. The summed E-state index contributed by atoms with van der Waals surface area (Å²) in [5.74, 6) is 2.59. The normalized spacial score (nSPS) is 14.6. The van der Waals surface area contributed by atoms with Gasteiger partial charge in [-0.25, -0.2) is 8.42 Å². The van der Waals surface area contributed by atoms with Crippen molar-refractivity contribution in [3.63, 3.8) is 0 Å². The van der Waals surface area contributed by atoms with E-state index in [9.17, 15) is 13.5 Å². The van der Waals surface area contributed by atoms with Gasteiger partial charge >= 0.3 is 0 Å². The number of aliphatic hydroxyl groups excluding tert-OH is 1. The van der Waals surface area contributed by atoms with E-state index in [1.807, 2.05) is 6.92 Å². The first kappa shape index (κ1) is 15.7. The molecule has 0 aliphatic rings. The van der Waals surface area contributed by atoms with Gasteiger partial charge in [-0.3, -0.25) is 0 Å². The zero-order valence-electron chi connectivity index (χ0n) is 11.1. The monoisotopic (exact) mass is 281 g/mol. The van der Waals surface area contributed by atoms with Gasteiger partial charge in [0.1, 0.15) is 0 Å². The van der Waals surface area contributed by atoms with E-state index in [-0.39, 0.29) is 10.9 Å². The fourth-order valence-electron chi connectivity index (χ4n) is 1.63. The molecule has 104 valence electrons. The highest BCUT2D eigenvalue weighted by Gasteiger charge is 2.11. The highest BCUT2D eigenvalue weighted by atomic mass is 32.2. The molecule has 0 spiro atoms. The van der Waals surface area contributed by atoms with E-state index in [0.29, 0.717) is 12.1 Å². The van der Waals surface area contributed by atoms with Crippen molar-refractivity contribution in [1.29, 1.82) is 0 Å². The summed E-state index contributed by atoms with van der Waals surface area (Å²) in [4.78, 5) is 0.242. The maximum Gasteiger partial charge on any atom is 0.175 e. The molecule has 1 aromatic carbocycles. The molecule has 0 aromatic heterocycles. The van der Waals surface area contributed by atoms with E-state index < -0.39 is 15.9 Å². The van der Waals surface area contributed by atoms with Gasteiger partial charge in [-0.05, 0) is 24.1 Å². The van der Waals surface area contributed by atoms with Gasteiger partial charge < -0.3 is 10.4 Å². The summed E-state index contributed by atoms with van der Waals surface area (Å²) in [7, 11) is -3.20. The van der Waals surface area contributed by atoms with E-state index in [1.54, 1.807) is 12.1 Å². The molecule has 2 atom stereocenters. The maximum atomic E-state index is 11.3. The molecule has 0 heterocycles. The first-order chi connectivity index (χ1) is 8.88. The summed E-state index contributed by atoms with van der Waals surface area (Å²) in [5, 5.41) is 13.0. The molecule has 4 nitrogen and oxygen atoms in total. The van der Waals surface area contributed by atoms with Gasteiger partial charge in [-0.1, -0.05) is 25.0 Å². The minimum atomic E-state index is -3.20. The average molecular weight is 281 g/mol. The third kappa shape index (κ3) is 4.67. The number of sulfone groups is 1. The van der Waals surface area contributed by atoms with Crippen molar-refractivity contribution in [2.75, 3.05) is 12.8 Å². The first-order valence-electron chi connectivity index (χ1n) is 6.06. The van der Waals surface area contributed by atoms with Crippen LogP contribution in [0.2, 0.25) is 0 Å². The van der Waals surface area contributed by atoms with Gasteiger partial charge in [-0.2, -0.15) is 0 Å². The van der Waals surface area contributed by atoms with Crippen molar-refractivity contribution in [1.82, 2.24) is 5.32 Å². The number of nitrogens with one attached hydrogen (secondary N) is 1. The van der Waals surface area contributed by atoms with Crippen LogP contribution in [0.3, 0.4) is 0 Å². The Labute approximate surface area is 114 Å². The van der Waals surface area contributed by atoms with Crippen molar-refractivity contribution in [2.45, 2.75) is 30.4 Å². The Balaban J connectivity index is 2.69. The number of aliphatic hydroxyl groups is 1. The topological polar surface area (TPSA) is 66.4 Å². The Morgan fingerprint density at radius 3 is 2.37 bits per heavy atom. The summed E-state index contributed by atoms with van der Waals surface area (Å²) < 4.78 is 22.6. The van der Waals surface area contributed by atoms with Gasteiger partial charge in [0.15, 0.2) is 9.84 Å². The van der Waals surface area contributed by atoms with Crippen molar-refractivity contribution < 1.29 is 13.5 Å². The van der Waals surface area contributed by atoms with Crippen LogP contribution in [0.15, 0.2) is 29.2 Å². The van der Waals surface area contributed by atoms with E-state index in [0.717, 1.165) is 12.7 Å². The molecule has 19 heavy (non-hydrogen) atoms. The SMILES string of the molecule is C#CC(CC)NCC(O)c1ccc(S(C)(=O)=O)cc1. The lowest BCUT2D eigenvalue weighted by molar-refractivity contribution is 0.172. The second-order valence-corrected chi connectivity index (χ2v) is 6.41. The molecular weight excluding hydrogens is 262 g/mol. The van der Waals surface area contributed by atoms with Gasteiger partial charge in [0, 0.05) is 12.8 Å². The van der Waals surface area contributed by atoms with Gasteiger partial charge in [0.2, 0.25) is 0 Å². The zero-order valence-corrected chi connectivity index (χ0v) is 11.9. The molecule has 0 saturated heterocycles. The minimum Gasteiger partial charge on any atom is -0.387 e. The second-order valence-electron chi connectivity index (χ2n) is 4.39. The molecule has 0 radical (unpaired) electrons. The maximum absolute atomic E-state index is 11.3. The van der Waals surface area contributed by atoms with Crippen LogP contribution in [-0.2, 0) is 9.84 Å². The molecular formula is C14H19NO3S. The van der Waals surface area contributed by atoms with Gasteiger partial charge in [0.05, 0.1) is 17.0 Å². The van der Waals surface area contributed by atoms with Crippen LogP contribution in [-0.4, -0.2) is 32.4 Å². The average Bonchev–Trinajstić information content (AvgIpc) is 2.39. The van der Waals surface area contributed by atoms with Crippen LogP contribution in [0.25, 0.3) is 0 Å². The van der Waals surface area contributed by atoms with E-state index in [4.69, 9.17) is 6.42 Å². The molecule has 0 saturated carbocycles. The summed E-state index contributed by atoms with van der Waals surface area (Å²) >= 11 is 0. The Bertz CT molecular complexity index is 543. The van der Waals surface area contributed by atoms with Crippen molar-refractivity contribution in [3.05, 3.63) is 29.8 Å².